The van der Waals surface area contributed by atoms with E-state index in [9.17, 15) is 0 Å². The third-order valence-electron chi connectivity index (χ3n) is 3.21. The van der Waals surface area contributed by atoms with Crippen molar-refractivity contribution in [3.8, 4) is 0 Å². The standard InChI is InChI=1S/C14H12Br2N4/c1-8-12(16)14(17)20(19-8)7-9-4-5-11(15)10-3-2-6-18-13(9)10/h2-6H,7,17H2,1H3. The van der Waals surface area contributed by atoms with Gasteiger partial charge in [0.2, 0.25) is 0 Å². The van der Waals surface area contributed by atoms with Gasteiger partial charge in [0, 0.05) is 16.1 Å². The molecule has 3 aromatic rings. The highest BCUT2D eigenvalue weighted by molar-refractivity contribution is 9.11. The van der Waals surface area contributed by atoms with Crippen molar-refractivity contribution in [3.63, 3.8) is 0 Å². The van der Waals surface area contributed by atoms with Gasteiger partial charge in [-0.3, -0.25) is 4.98 Å². The predicted octanol–water partition coefficient (Wildman–Crippen LogP) is 3.90. The molecule has 0 fully saturated rings. The van der Waals surface area contributed by atoms with Crippen LogP contribution in [-0.2, 0) is 6.54 Å². The lowest BCUT2D eigenvalue weighted by Gasteiger charge is -2.08. The first-order valence-corrected chi connectivity index (χ1v) is 7.67. The third-order valence-corrected chi connectivity index (χ3v) is 4.88. The van der Waals surface area contributed by atoms with Crippen molar-refractivity contribution >= 4 is 48.6 Å². The second-order valence-electron chi connectivity index (χ2n) is 4.55. The summed E-state index contributed by atoms with van der Waals surface area (Å²) < 4.78 is 3.68. The van der Waals surface area contributed by atoms with Crippen molar-refractivity contribution in [1.29, 1.82) is 0 Å². The molecule has 2 heterocycles. The van der Waals surface area contributed by atoms with E-state index >= 15 is 0 Å². The molecule has 0 amide bonds. The van der Waals surface area contributed by atoms with Crippen LogP contribution in [0.2, 0.25) is 0 Å². The first-order chi connectivity index (χ1) is 9.58. The number of nitrogens with two attached hydrogens (primary N) is 1. The van der Waals surface area contributed by atoms with Gasteiger partial charge in [-0.05, 0) is 40.5 Å². The van der Waals surface area contributed by atoms with Gasteiger partial charge in [0.1, 0.15) is 5.82 Å². The molecule has 0 atom stereocenters. The molecule has 3 rings (SSSR count). The lowest BCUT2D eigenvalue weighted by molar-refractivity contribution is 0.691. The molecular weight excluding hydrogens is 384 g/mol. The van der Waals surface area contributed by atoms with Crippen LogP contribution >= 0.6 is 31.9 Å². The smallest absolute Gasteiger partial charge is 0.136 e. The Labute approximate surface area is 133 Å². The number of hydrogen-bond acceptors (Lipinski definition) is 3. The van der Waals surface area contributed by atoms with Crippen molar-refractivity contribution in [3.05, 3.63) is 50.7 Å². The summed E-state index contributed by atoms with van der Waals surface area (Å²) in [4.78, 5) is 4.47. The first kappa shape index (κ1) is 13.6. The topological polar surface area (TPSA) is 56.7 Å². The summed E-state index contributed by atoms with van der Waals surface area (Å²) in [7, 11) is 0. The molecule has 0 saturated carbocycles. The maximum Gasteiger partial charge on any atom is 0.136 e. The molecule has 0 aliphatic heterocycles. The van der Waals surface area contributed by atoms with E-state index in [1.165, 1.54) is 0 Å². The fourth-order valence-corrected chi connectivity index (χ4v) is 2.92. The Morgan fingerprint density at radius 1 is 1.25 bits per heavy atom. The largest absolute Gasteiger partial charge is 0.383 e. The molecule has 1 aromatic carbocycles. The zero-order valence-corrected chi connectivity index (χ0v) is 13.9. The van der Waals surface area contributed by atoms with Crippen LogP contribution in [0, 0.1) is 6.92 Å². The first-order valence-electron chi connectivity index (χ1n) is 6.08. The quantitative estimate of drug-likeness (QED) is 0.715. The van der Waals surface area contributed by atoms with Crippen LogP contribution in [-0.4, -0.2) is 14.8 Å². The number of nitrogen functional groups attached to an aromatic ring is 1. The minimum Gasteiger partial charge on any atom is -0.383 e. The minimum absolute atomic E-state index is 0.596. The van der Waals surface area contributed by atoms with Crippen LogP contribution in [0.15, 0.2) is 39.4 Å². The van der Waals surface area contributed by atoms with E-state index < -0.39 is 0 Å². The summed E-state index contributed by atoms with van der Waals surface area (Å²) in [5.74, 6) is 0.634. The molecule has 0 aliphatic carbocycles. The Bertz CT molecular complexity index is 795. The monoisotopic (exact) mass is 394 g/mol. The van der Waals surface area contributed by atoms with Crippen molar-refractivity contribution in [2.24, 2.45) is 0 Å². The van der Waals surface area contributed by atoms with Crippen molar-refractivity contribution in [1.82, 2.24) is 14.8 Å². The molecule has 0 unspecified atom stereocenters. The zero-order valence-electron chi connectivity index (χ0n) is 10.8. The van der Waals surface area contributed by atoms with E-state index in [2.05, 4.69) is 41.9 Å². The van der Waals surface area contributed by atoms with E-state index in [1.54, 1.807) is 10.9 Å². The number of aryl methyl sites for hydroxylation is 1. The molecule has 20 heavy (non-hydrogen) atoms. The lowest BCUT2D eigenvalue weighted by atomic mass is 10.1. The Morgan fingerprint density at radius 2 is 2.05 bits per heavy atom. The highest BCUT2D eigenvalue weighted by Crippen LogP contribution is 2.28. The number of hydrogen-bond donors (Lipinski definition) is 1. The Hall–Kier alpha value is -1.40. The number of rotatable bonds is 2. The SMILES string of the molecule is Cc1nn(Cc2ccc(Br)c3cccnc23)c(N)c1Br. The molecule has 6 heteroatoms. The highest BCUT2D eigenvalue weighted by atomic mass is 79.9. The van der Waals surface area contributed by atoms with E-state index in [1.807, 2.05) is 31.2 Å². The van der Waals surface area contributed by atoms with Crippen LogP contribution < -0.4 is 5.73 Å². The van der Waals surface area contributed by atoms with Gasteiger partial charge in [-0.15, -0.1) is 0 Å². The summed E-state index contributed by atoms with van der Waals surface area (Å²) in [6.07, 6.45) is 1.80. The van der Waals surface area contributed by atoms with Gasteiger partial charge in [-0.1, -0.05) is 28.1 Å². The number of aromatic nitrogens is 3. The fourth-order valence-electron chi connectivity index (χ4n) is 2.18. The Morgan fingerprint density at radius 3 is 2.75 bits per heavy atom. The normalized spacial score (nSPS) is 11.2. The highest BCUT2D eigenvalue weighted by Gasteiger charge is 2.12. The maximum absolute atomic E-state index is 6.05. The van der Waals surface area contributed by atoms with Crippen LogP contribution in [0.3, 0.4) is 0 Å². The average molecular weight is 396 g/mol. The van der Waals surface area contributed by atoms with Crippen LogP contribution in [0.1, 0.15) is 11.3 Å². The molecular formula is C14H12Br2N4. The van der Waals surface area contributed by atoms with Crippen LogP contribution in [0.25, 0.3) is 10.9 Å². The number of nitrogens with zero attached hydrogens (tertiary/aromatic N) is 3. The molecule has 2 aromatic heterocycles. The van der Waals surface area contributed by atoms with Gasteiger partial charge in [-0.2, -0.15) is 5.10 Å². The third kappa shape index (κ3) is 2.23. The number of anilines is 1. The van der Waals surface area contributed by atoms with Crippen molar-refractivity contribution in [2.45, 2.75) is 13.5 Å². The maximum atomic E-state index is 6.05. The van der Waals surface area contributed by atoms with Crippen molar-refractivity contribution < 1.29 is 0 Å². The lowest BCUT2D eigenvalue weighted by Crippen LogP contribution is -2.07. The van der Waals surface area contributed by atoms with Crippen molar-refractivity contribution in [2.75, 3.05) is 5.73 Å². The van der Waals surface area contributed by atoms with Gasteiger partial charge < -0.3 is 5.73 Å². The summed E-state index contributed by atoms with van der Waals surface area (Å²) in [6.45, 7) is 2.52. The zero-order chi connectivity index (χ0) is 14.3. The Kier molecular flexibility index (Phi) is 3.52. The fraction of sp³-hybridized carbons (Fsp3) is 0.143. The van der Waals surface area contributed by atoms with Gasteiger partial charge in [-0.25, -0.2) is 4.68 Å². The van der Waals surface area contributed by atoms with Gasteiger partial charge >= 0.3 is 0 Å². The number of benzene rings is 1. The molecule has 0 bridgehead atoms. The molecule has 0 spiro atoms. The van der Waals surface area contributed by atoms with Crippen LogP contribution in [0.4, 0.5) is 5.82 Å². The summed E-state index contributed by atoms with van der Waals surface area (Å²) >= 11 is 7.00. The second-order valence-corrected chi connectivity index (χ2v) is 6.20. The summed E-state index contributed by atoms with van der Waals surface area (Å²) in [5, 5.41) is 5.53. The van der Waals surface area contributed by atoms with E-state index in [0.29, 0.717) is 12.4 Å². The van der Waals surface area contributed by atoms with Gasteiger partial charge in [0.15, 0.2) is 0 Å². The summed E-state index contributed by atoms with van der Waals surface area (Å²) in [5.41, 5.74) is 8.99. The molecule has 4 nitrogen and oxygen atoms in total. The number of pyridine rings is 1. The molecule has 0 radical (unpaired) electrons. The minimum atomic E-state index is 0.596. The average Bonchev–Trinajstić information content (AvgIpc) is 2.70. The summed E-state index contributed by atoms with van der Waals surface area (Å²) in [6, 6.07) is 8.05. The Balaban J connectivity index is 2.11. The predicted molar refractivity (Wildman–Crippen MR) is 87.6 cm³/mol. The molecule has 102 valence electrons. The number of halogens is 2. The van der Waals surface area contributed by atoms with E-state index in [-0.39, 0.29) is 0 Å². The second kappa shape index (κ2) is 5.18. The molecule has 0 saturated heterocycles. The van der Waals surface area contributed by atoms with E-state index in [0.717, 1.165) is 31.1 Å². The molecule has 0 aliphatic rings. The number of fused-ring (bicyclic) bond motifs is 1. The molecule has 2 N–H and O–H groups in total. The van der Waals surface area contributed by atoms with Crippen LogP contribution in [0.5, 0.6) is 0 Å². The van der Waals surface area contributed by atoms with Gasteiger partial charge in [0.05, 0.1) is 22.2 Å². The van der Waals surface area contributed by atoms with E-state index in [4.69, 9.17) is 5.73 Å². The van der Waals surface area contributed by atoms with Gasteiger partial charge in [0.25, 0.3) is 0 Å².